The van der Waals surface area contributed by atoms with Crippen LogP contribution in [0.1, 0.15) is 21.9 Å². The van der Waals surface area contributed by atoms with Crippen molar-refractivity contribution in [3.8, 4) is 0 Å². The van der Waals surface area contributed by atoms with Crippen molar-refractivity contribution in [2.75, 3.05) is 11.6 Å². The van der Waals surface area contributed by atoms with Crippen LogP contribution in [0.15, 0.2) is 29.1 Å². The average Bonchev–Trinajstić information content (AvgIpc) is 2.47. The van der Waals surface area contributed by atoms with Crippen molar-refractivity contribution in [2.24, 2.45) is 0 Å². The summed E-state index contributed by atoms with van der Waals surface area (Å²) in [5.74, 6) is -0.110. The number of hydrogen-bond acceptors (Lipinski definition) is 4. The van der Waals surface area contributed by atoms with E-state index in [1.54, 1.807) is 6.26 Å². The molecule has 24 heavy (non-hydrogen) atoms. The van der Waals surface area contributed by atoms with E-state index in [1.807, 2.05) is 0 Å². The Hall–Kier alpha value is -2.00. The normalized spacial score (nSPS) is 11.4. The van der Waals surface area contributed by atoms with Crippen LogP contribution in [0.4, 0.5) is 18.9 Å². The number of amides is 1. The summed E-state index contributed by atoms with van der Waals surface area (Å²) in [6.45, 7) is 0. The van der Waals surface area contributed by atoms with Crippen LogP contribution in [0.5, 0.6) is 0 Å². The Bertz CT molecular complexity index is 824. The molecule has 0 bridgehead atoms. The number of carbonyl (C=O) groups is 1. The number of aromatic amines is 1. The average molecular weight is 378 g/mol. The van der Waals surface area contributed by atoms with E-state index in [-0.39, 0.29) is 11.4 Å². The minimum absolute atomic E-state index is 0.106. The first-order valence-electron chi connectivity index (χ1n) is 6.48. The Labute approximate surface area is 143 Å². The summed E-state index contributed by atoms with van der Waals surface area (Å²) < 4.78 is 38.5. The molecule has 1 aromatic heterocycles. The molecule has 10 heteroatoms. The Kier molecular flexibility index (Phi) is 5.55. The number of nitrogens with one attached hydrogen (secondary N) is 2. The standard InChI is InChI=1S/C14H11ClF3N3O2S/c1-24-6-11-20-10(5-12(22)21-11)13(23)19-7-2-3-9(15)8(4-7)14(16,17)18/h2-5H,6H2,1H3,(H,19,23)(H,20,21,22). The largest absolute Gasteiger partial charge is 0.417 e. The first kappa shape index (κ1) is 18.3. The van der Waals surface area contributed by atoms with E-state index < -0.39 is 28.2 Å². The molecule has 0 spiro atoms. The summed E-state index contributed by atoms with van der Waals surface area (Å²) in [5.41, 5.74) is -1.88. The number of nitrogens with zero attached hydrogens (tertiary/aromatic N) is 1. The Morgan fingerprint density at radius 3 is 2.71 bits per heavy atom. The third kappa shape index (κ3) is 4.51. The van der Waals surface area contributed by atoms with Crippen LogP contribution in [-0.4, -0.2) is 22.1 Å². The van der Waals surface area contributed by atoms with Gasteiger partial charge in [0.15, 0.2) is 0 Å². The SMILES string of the molecule is CSCc1nc(C(=O)Nc2ccc(Cl)c(C(F)(F)F)c2)cc(=O)[nH]1. The molecule has 0 saturated heterocycles. The van der Waals surface area contributed by atoms with Crippen LogP contribution in [0.2, 0.25) is 5.02 Å². The zero-order valence-electron chi connectivity index (χ0n) is 12.2. The van der Waals surface area contributed by atoms with Crippen molar-refractivity contribution < 1.29 is 18.0 Å². The lowest BCUT2D eigenvalue weighted by Crippen LogP contribution is -2.20. The number of anilines is 1. The first-order chi connectivity index (χ1) is 11.2. The van der Waals surface area contributed by atoms with Gasteiger partial charge in [0.1, 0.15) is 11.5 Å². The van der Waals surface area contributed by atoms with E-state index >= 15 is 0 Å². The molecular weight excluding hydrogens is 367 g/mol. The lowest BCUT2D eigenvalue weighted by molar-refractivity contribution is -0.137. The summed E-state index contributed by atoms with van der Waals surface area (Å²) >= 11 is 6.91. The minimum Gasteiger partial charge on any atom is -0.321 e. The molecular formula is C14H11ClF3N3O2S. The molecule has 0 aliphatic rings. The summed E-state index contributed by atoms with van der Waals surface area (Å²) in [6, 6.07) is 3.95. The fourth-order valence-corrected chi connectivity index (χ4v) is 2.48. The monoisotopic (exact) mass is 377 g/mol. The maximum Gasteiger partial charge on any atom is 0.417 e. The van der Waals surface area contributed by atoms with Crippen LogP contribution >= 0.6 is 23.4 Å². The van der Waals surface area contributed by atoms with Crippen molar-refractivity contribution >= 4 is 35.0 Å². The van der Waals surface area contributed by atoms with Crippen molar-refractivity contribution in [3.05, 3.63) is 56.7 Å². The molecule has 0 atom stereocenters. The maximum absolute atomic E-state index is 12.8. The molecule has 128 valence electrons. The van der Waals surface area contributed by atoms with Crippen LogP contribution in [0.3, 0.4) is 0 Å². The number of H-pyrrole nitrogens is 1. The Balaban J connectivity index is 2.29. The minimum atomic E-state index is -4.65. The molecule has 2 N–H and O–H groups in total. The van der Waals surface area contributed by atoms with Crippen LogP contribution in [-0.2, 0) is 11.9 Å². The molecule has 1 aromatic carbocycles. The van der Waals surface area contributed by atoms with Crippen molar-refractivity contribution in [2.45, 2.75) is 11.9 Å². The lowest BCUT2D eigenvalue weighted by atomic mass is 10.2. The third-order valence-electron chi connectivity index (χ3n) is 2.83. The molecule has 0 unspecified atom stereocenters. The zero-order chi connectivity index (χ0) is 17.9. The number of hydrogen-bond donors (Lipinski definition) is 2. The van der Waals surface area contributed by atoms with E-state index in [2.05, 4.69) is 15.3 Å². The van der Waals surface area contributed by atoms with E-state index in [4.69, 9.17) is 11.6 Å². The Morgan fingerprint density at radius 1 is 1.38 bits per heavy atom. The van der Waals surface area contributed by atoms with Crippen LogP contribution in [0.25, 0.3) is 0 Å². The number of carbonyl (C=O) groups excluding carboxylic acids is 1. The van der Waals surface area contributed by atoms with E-state index in [0.717, 1.165) is 18.2 Å². The molecule has 2 aromatic rings. The molecule has 0 radical (unpaired) electrons. The molecule has 2 rings (SSSR count). The summed E-state index contributed by atoms with van der Waals surface area (Å²) in [4.78, 5) is 30.1. The molecule has 0 aliphatic carbocycles. The number of thioether (sulfide) groups is 1. The lowest BCUT2D eigenvalue weighted by Gasteiger charge is -2.11. The van der Waals surface area contributed by atoms with Crippen molar-refractivity contribution in [3.63, 3.8) is 0 Å². The van der Waals surface area contributed by atoms with Gasteiger partial charge >= 0.3 is 6.18 Å². The molecule has 0 saturated carbocycles. The summed E-state index contributed by atoms with van der Waals surface area (Å²) in [5, 5.41) is 1.80. The summed E-state index contributed by atoms with van der Waals surface area (Å²) in [7, 11) is 0. The van der Waals surface area contributed by atoms with Gasteiger partial charge < -0.3 is 10.3 Å². The first-order valence-corrected chi connectivity index (χ1v) is 8.25. The fourth-order valence-electron chi connectivity index (χ4n) is 1.84. The number of halogens is 4. The van der Waals surface area contributed by atoms with Crippen molar-refractivity contribution in [1.82, 2.24) is 9.97 Å². The quantitative estimate of drug-likeness (QED) is 0.854. The number of aromatic nitrogens is 2. The predicted octanol–water partition coefficient (Wildman–Crippen LogP) is 3.56. The molecule has 1 heterocycles. The Morgan fingerprint density at radius 2 is 2.08 bits per heavy atom. The van der Waals surface area contributed by atoms with Crippen LogP contribution in [0, 0.1) is 0 Å². The molecule has 5 nitrogen and oxygen atoms in total. The topological polar surface area (TPSA) is 74.8 Å². The summed E-state index contributed by atoms with van der Waals surface area (Å²) in [6.07, 6.45) is -2.86. The molecule has 1 amide bonds. The van der Waals surface area contributed by atoms with Gasteiger partial charge in [-0.3, -0.25) is 9.59 Å². The second-order valence-corrected chi connectivity index (χ2v) is 5.93. The zero-order valence-corrected chi connectivity index (χ0v) is 13.8. The molecule has 0 aliphatic heterocycles. The van der Waals surface area contributed by atoms with Gasteiger partial charge in [0.2, 0.25) is 0 Å². The fraction of sp³-hybridized carbons (Fsp3) is 0.214. The number of alkyl halides is 3. The van der Waals surface area contributed by atoms with Gasteiger partial charge in [-0.2, -0.15) is 24.9 Å². The predicted molar refractivity (Wildman–Crippen MR) is 86.5 cm³/mol. The van der Waals surface area contributed by atoms with E-state index in [0.29, 0.717) is 11.6 Å². The highest BCUT2D eigenvalue weighted by atomic mass is 35.5. The third-order valence-corrected chi connectivity index (χ3v) is 3.73. The highest BCUT2D eigenvalue weighted by Crippen LogP contribution is 2.36. The van der Waals surface area contributed by atoms with Gasteiger partial charge in [-0.15, -0.1) is 0 Å². The number of rotatable bonds is 4. The van der Waals surface area contributed by atoms with E-state index in [9.17, 15) is 22.8 Å². The smallest absolute Gasteiger partial charge is 0.321 e. The van der Waals surface area contributed by atoms with Gasteiger partial charge in [0.05, 0.1) is 16.3 Å². The van der Waals surface area contributed by atoms with Gasteiger partial charge in [-0.1, -0.05) is 11.6 Å². The van der Waals surface area contributed by atoms with Gasteiger partial charge in [0.25, 0.3) is 11.5 Å². The second kappa shape index (κ2) is 7.27. The highest BCUT2D eigenvalue weighted by Gasteiger charge is 2.33. The van der Waals surface area contributed by atoms with Crippen molar-refractivity contribution in [1.29, 1.82) is 0 Å². The second-order valence-electron chi connectivity index (χ2n) is 4.66. The van der Waals surface area contributed by atoms with E-state index in [1.165, 1.54) is 17.8 Å². The molecule has 0 fully saturated rings. The van der Waals surface area contributed by atoms with Crippen LogP contribution < -0.4 is 10.9 Å². The van der Waals surface area contributed by atoms with Gasteiger partial charge in [-0.25, -0.2) is 4.98 Å². The maximum atomic E-state index is 12.8. The van der Waals surface area contributed by atoms with Gasteiger partial charge in [0, 0.05) is 11.8 Å². The highest BCUT2D eigenvalue weighted by molar-refractivity contribution is 7.97. The van der Waals surface area contributed by atoms with Gasteiger partial charge in [-0.05, 0) is 24.5 Å². The number of benzene rings is 1.